The SMILES string of the molecule is CNC1CCCCC(Cc2cnccc2N)C1. The van der Waals surface area contributed by atoms with Gasteiger partial charge in [0.05, 0.1) is 0 Å². The quantitative estimate of drug-likeness (QED) is 0.788. The molecular weight excluding hydrogens is 210 g/mol. The standard InChI is InChI=1S/C14H23N3/c1-16-13-5-3-2-4-11(9-13)8-12-10-17-7-6-14(12)15/h6-7,10-11,13,16H,2-5,8-9H2,1H3,(H2,15,17). The highest BCUT2D eigenvalue weighted by Gasteiger charge is 2.19. The zero-order valence-electron chi connectivity index (χ0n) is 10.7. The maximum Gasteiger partial charge on any atom is 0.0377 e. The maximum atomic E-state index is 5.99. The first-order valence-electron chi connectivity index (χ1n) is 6.65. The van der Waals surface area contributed by atoms with Gasteiger partial charge in [-0.2, -0.15) is 0 Å². The Morgan fingerprint density at radius 2 is 2.24 bits per heavy atom. The van der Waals surface area contributed by atoms with Gasteiger partial charge < -0.3 is 11.1 Å². The lowest BCUT2D eigenvalue weighted by Crippen LogP contribution is -2.27. The molecule has 17 heavy (non-hydrogen) atoms. The lowest BCUT2D eigenvalue weighted by molar-refractivity contribution is 0.400. The van der Waals surface area contributed by atoms with Crippen LogP contribution in [-0.4, -0.2) is 18.1 Å². The Hall–Kier alpha value is -1.09. The van der Waals surface area contributed by atoms with E-state index in [9.17, 15) is 0 Å². The van der Waals surface area contributed by atoms with Crippen LogP contribution in [0.4, 0.5) is 5.69 Å². The molecule has 0 radical (unpaired) electrons. The Morgan fingerprint density at radius 3 is 3.00 bits per heavy atom. The molecule has 1 aromatic rings. The van der Waals surface area contributed by atoms with Gasteiger partial charge in [-0.3, -0.25) is 4.98 Å². The van der Waals surface area contributed by atoms with Crippen molar-refractivity contribution in [1.29, 1.82) is 0 Å². The molecule has 2 unspecified atom stereocenters. The summed E-state index contributed by atoms with van der Waals surface area (Å²) in [5, 5.41) is 3.43. The third-order valence-corrected chi connectivity index (χ3v) is 3.89. The molecule has 1 saturated carbocycles. The van der Waals surface area contributed by atoms with Crippen molar-refractivity contribution in [2.24, 2.45) is 5.92 Å². The van der Waals surface area contributed by atoms with E-state index in [1.54, 1.807) is 6.20 Å². The summed E-state index contributed by atoms with van der Waals surface area (Å²) in [7, 11) is 2.07. The Bertz CT molecular complexity index is 351. The van der Waals surface area contributed by atoms with Crippen molar-refractivity contribution in [1.82, 2.24) is 10.3 Å². The molecule has 94 valence electrons. The van der Waals surface area contributed by atoms with Gasteiger partial charge in [0, 0.05) is 24.1 Å². The first-order valence-corrected chi connectivity index (χ1v) is 6.65. The molecule has 3 nitrogen and oxygen atoms in total. The van der Waals surface area contributed by atoms with E-state index in [4.69, 9.17) is 5.73 Å². The van der Waals surface area contributed by atoms with Gasteiger partial charge in [-0.25, -0.2) is 0 Å². The van der Waals surface area contributed by atoms with Crippen molar-refractivity contribution in [2.45, 2.75) is 44.6 Å². The second-order valence-corrected chi connectivity index (χ2v) is 5.15. The first kappa shape index (κ1) is 12.4. The minimum absolute atomic E-state index is 0.681. The first-order chi connectivity index (χ1) is 8.29. The fraction of sp³-hybridized carbons (Fsp3) is 0.643. The van der Waals surface area contributed by atoms with Crippen LogP contribution in [0, 0.1) is 5.92 Å². The summed E-state index contributed by atoms with van der Waals surface area (Å²) < 4.78 is 0. The van der Waals surface area contributed by atoms with E-state index in [1.807, 2.05) is 12.3 Å². The van der Waals surface area contributed by atoms with Gasteiger partial charge >= 0.3 is 0 Å². The number of anilines is 1. The highest BCUT2D eigenvalue weighted by atomic mass is 14.9. The van der Waals surface area contributed by atoms with Crippen molar-refractivity contribution in [2.75, 3.05) is 12.8 Å². The molecule has 0 aromatic carbocycles. The zero-order valence-corrected chi connectivity index (χ0v) is 10.7. The number of hydrogen-bond donors (Lipinski definition) is 2. The third-order valence-electron chi connectivity index (χ3n) is 3.89. The summed E-state index contributed by atoms with van der Waals surface area (Å²) >= 11 is 0. The molecule has 1 aliphatic carbocycles. The van der Waals surface area contributed by atoms with Gasteiger partial charge in [0.2, 0.25) is 0 Å². The van der Waals surface area contributed by atoms with Gasteiger partial charge in [-0.05, 0) is 43.9 Å². The van der Waals surface area contributed by atoms with Crippen molar-refractivity contribution in [3.63, 3.8) is 0 Å². The molecule has 2 rings (SSSR count). The largest absolute Gasteiger partial charge is 0.398 e. The average Bonchev–Trinajstić information content (AvgIpc) is 2.57. The molecule has 0 bridgehead atoms. The van der Waals surface area contributed by atoms with Gasteiger partial charge in [-0.1, -0.05) is 19.3 Å². The van der Waals surface area contributed by atoms with Crippen LogP contribution in [0.3, 0.4) is 0 Å². The van der Waals surface area contributed by atoms with E-state index in [-0.39, 0.29) is 0 Å². The van der Waals surface area contributed by atoms with Gasteiger partial charge in [0.15, 0.2) is 0 Å². The van der Waals surface area contributed by atoms with Crippen LogP contribution >= 0.6 is 0 Å². The minimum Gasteiger partial charge on any atom is -0.398 e. The molecule has 1 heterocycles. The molecule has 3 heteroatoms. The third kappa shape index (κ3) is 3.43. The van der Waals surface area contributed by atoms with Gasteiger partial charge in [-0.15, -0.1) is 0 Å². The van der Waals surface area contributed by atoms with Crippen molar-refractivity contribution in [3.05, 3.63) is 24.0 Å². The van der Waals surface area contributed by atoms with Crippen LogP contribution in [0.25, 0.3) is 0 Å². The highest BCUT2D eigenvalue weighted by molar-refractivity contribution is 5.44. The molecule has 0 spiro atoms. The number of aromatic nitrogens is 1. The van der Waals surface area contributed by atoms with Crippen LogP contribution in [0.15, 0.2) is 18.5 Å². The summed E-state index contributed by atoms with van der Waals surface area (Å²) in [6.07, 6.45) is 11.4. The Morgan fingerprint density at radius 1 is 1.41 bits per heavy atom. The van der Waals surface area contributed by atoms with E-state index in [0.717, 1.165) is 18.0 Å². The summed E-state index contributed by atoms with van der Waals surface area (Å²) in [5.74, 6) is 0.751. The number of hydrogen-bond acceptors (Lipinski definition) is 3. The lowest BCUT2D eigenvalue weighted by atomic mass is 9.91. The fourth-order valence-corrected chi connectivity index (χ4v) is 2.83. The van der Waals surface area contributed by atoms with E-state index in [1.165, 1.54) is 37.7 Å². The molecule has 1 aliphatic rings. The average molecular weight is 233 g/mol. The Kier molecular flexibility index (Phi) is 4.37. The topological polar surface area (TPSA) is 50.9 Å². The monoisotopic (exact) mass is 233 g/mol. The number of nitrogen functional groups attached to an aromatic ring is 1. The molecule has 0 aliphatic heterocycles. The highest BCUT2D eigenvalue weighted by Crippen LogP contribution is 2.27. The number of rotatable bonds is 3. The van der Waals surface area contributed by atoms with Crippen LogP contribution in [0.2, 0.25) is 0 Å². The molecule has 1 aromatic heterocycles. The van der Waals surface area contributed by atoms with Crippen LogP contribution in [0.1, 0.15) is 37.7 Å². The lowest BCUT2D eigenvalue weighted by Gasteiger charge is -2.20. The minimum atomic E-state index is 0.681. The zero-order chi connectivity index (χ0) is 12.1. The van der Waals surface area contributed by atoms with Gasteiger partial charge in [0.1, 0.15) is 0 Å². The molecule has 0 amide bonds. The number of nitrogens with two attached hydrogens (primary N) is 1. The predicted octanol–water partition coefficient (Wildman–Crippen LogP) is 2.37. The van der Waals surface area contributed by atoms with Crippen LogP contribution in [0.5, 0.6) is 0 Å². The van der Waals surface area contributed by atoms with Crippen molar-refractivity contribution < 1.29 is 0 Å². The summed E-state index contributed by atoms with van der Waals surface area (Å²) in [4.78, 5) is 4.18. The molecule has 1 fully saturated rings. The molecule has 0 saturated heterocycles. The summed E-state index contributed by atoms with van der Waals surface area (Å²) in [6.45, 7) is 0. The normalized spacial score (nSPS) is 25.5. The van der Waals surface area contributed by atoms with E-state index >= 15 is 0 Å². The maximum absolute atomic E-state index is 5.99. The predicted molar refractivity (Wildman–Crippen MR) is 71.8 cm³/mol. The fourth-order valence-electron chi connectivity index (χ4n) is 2.83. The van der Waals surface area contributed by atoms with E-state index < -0.39 is 0 Å². The van der Waals surface area contributed by atoms with E-state index in [2.05, 4.69) is 17.3 Å². The molecule has 3 N–H and O–H groups in total. The number of nitrogens with zero attached hydrogens (tertiary/aromatic N) is 1. The van der Waals surface area contributed by atoms with Crippen LogP contribution < -0.4 is 11.1 Å². The van der Waals surface area contributed by atoms with E-state index in [0.29, 0.717) is 6.04 Å². The second kappa shape index (κ2) is 6.01. The van der Waals surface area contributed by atoms with Crippen molar-refractivity contribution >= 4 is 5.69 Å². The smallest absolute Gasteiger partial charge is 0.0377 e. The summed E-state index contributed by atoms with van der Waals surface area (Å²) in [6, 6.07) is 2.59. The van der Waals surface area contributed by atoms with Gasteiger partial charge in [0.25, 0.3) is 0 Å². The molecular formula is C14H23N3. The Balaban J connectivity index is 2.00. The molecule has 2 atom stereocenters. The summed E-state index contributed by atoms with van der Waals surface area (Å²) in [5.41, 5.74) is 8.10. The second-order valence-electron chi connectivity index (χ2n) is 5.15. The number of pyridine rings is 1. The Labute approximate surface area is 104 Å². The van der Waals surface area contributed by atoms with Crippen molar-refractivity contribution in [3.8, 4) is 0 Å². The number of nitrogens with one attached hydrogen (secondary N) is 1. The van der Waals surface area contributed by atoms with Crippen LogP contribution in [-0.2, 0) is 6.42 Å².